The van der Waals surface area contributed by atoms with Crippen LogP contribution in [0, 0.1) is 0 Å². The van der Waals surface area contributed by atoms with Gasteiger partial charge in [-0.15, -0.1) is 0 Å². The molecule has 0 aliphatic heterocycles. The van der Waals surface area contributed by atoms with Crippen molar-refractivity contribution in [2.75, 3.05) is 0 Å². The number of nitrogens with one attached hydrogen (secondary N) is 1. The Morgan fingerprint density at radius 2 is 1.93 bits per heavy atom. The van der Waals surface area contributed by atoms with Crippen molar-refractivity contribution in [3.8, 4) is 0 Å². The summed E-state index contributed by atoms with van der Waals surface area (Å²) < 4.78 is 0. The molecule has 0 saturated carbocycles. The monoisotopic (exact) mass is 192 g/mol. The average molecular weight is 192 g/mol. The maximum Gasteiger partial charge on any atom is 0.0564 e. The number of aromatic nitrogens is 1. The molecule has 0 atom stereocenters. The van der Waals surface area contributed by atoms with Crippen LogP contribution >= 0.6 is 0 Å². The first-order valence-corrected chi connectivity index (χ1v) is 5.12. The van der Waals surface area contributed by atoms with Gasteiger partial charge >= 0.3 is 0 Å². The molecule has 0 aliphatic rings. The highest BCUT2D eigenvalue weighted by Gasteiger charge is 2.14. The van der Waals surface area contributed by atoms with Gasteiger partial charge in [-0.3, -0.25) is 4.99 Å². The molecule has 0 bridgehead atoms. The van der Waals surface area contributed by atoms with Gasteiger partial charge in [0, 0.05) is 23.4 Å². The molecule has 1 N–H and O–H groups in total. The van der Waals surface area contributed by atoms with Crippen LogP contribution in [0.2, 0.25) is 0 Å². The third-order valence-corrected chi connectivity index (χ3v) is 2.03. The molecule has 1 aromatic heterocycles. The Kier molecular flexibility index (Phi) is 3.14. The van der Waals surface area contributed by atoms with E-state index in [1.54, 1.807) is 0 Å². The molecule has 1 rings (SSSR count). The summed E-state index contributed by atoms with van der Waals surface area (Å²) in [6, 6.07) is 4.56. The smallest absolute Gasteiger partial charge is 0.0564 e. The van der Waals surface area contributed by atoms with E-state index in [0.717, 1.165) is 5.69 Å². The summed E-state index contributed by atoms with van der Waals surface area (Å²) in [5.41, 5.74) is 2.52. The summed E-state index contributed by atoms with van der Waals surface area (Å²) in [4.78, 5) is 7.69. The van der Waals surface area contributed by atoms with Crippen LogP contribution in [0.5, 0.6) is 0 Å². The molecule has 2 heteroatoms. The van der Waals surface area contributed by atoms with Gasteiger partial charge < -0.3 is 4.98 Å². The van der Waals surface area contributed by atoms with E-state index >= 15 is 0 Å². The fraction of sp³-hybridized carbons (Fsp3) is 0.583. The molecule has 0 aliphatic carbocycles. The molecule has 0 aromatic carbocycles. The van der Waals surface area contributed by atoms with Crippen molar-refractivity contribution in [2.24, 2.45) is 4.99 Å². The molecular weight excluding hydrogens is 172 g/mol. The molecular formula is C12H20N2. The molecule has 0 unspecified atom stereocenters. The van der Waals surface area contributed by atoms with Gasteiger partial charge in [0.25, 0.3) is 0 Å². The molecule has 2 nitrogen and oxygen atoms in total. The lowest BCUT2D eigenvalue weighted by Crippen LogP contribution is -2.11. The molecule has 0 spiro atoms. The molecule has 14 heavy (non-hydrogen) atoms. The first-order chi connectivity index (χ1) is 6.39. The van der Waals surface area contributed by atoms with Crippen molar-refractivity contribution >= 4 is 6.21 Å². The second-order valence-electron chi connectivity index (χ2n) is 4.95. The topological polar surface area (TPSA) is 28.1 Å². The highest BCUT2D eigenvalue weighted by atomic mass is 14.8. The van der Waals surface area contributed by atoms with E-state index in [1.165, 1.54) is 5.69 Å². The van der Waals surface area contributed by atoms with Crippen molar-refractivity contribution in [3.63, 3.8) is 0 Å². The fourth-order valence-corrected chi connectivity index (χ4v) is 1.15. The number of hydrogen-bond acceptors (Lipinski definition) is 1. The van der Waals surface area contributed by atoms with Gasteiger partial charge in [-0.05, 0) is 26.0 Å². The largest absolute Gasteiger partial charge is 0.357 e. The lowest BCUT2D eigenvalue weighted by molar-refractivity contribution is 0.572. The van der Waals surface area contributed by atoms with Crippen LogP contribution in [0.1, 0.15) is 46.0 Å². The van der Waals surface area contributed by atoms with Crippen LogP contribution in [0.3, 0.4) is 0 Å². The Balaban J connectivity index is 2.79. The van der Waals surface area contributed by atoms with Crippen LogP contribution < -0.4 is 0 Å². The van der Waals surface area contributed by atoms with Crippen LogP contribution in [0.4, 0.5) is 0 Å². The molecule has 78 valence electrons. The van der Waals surface area contributed by atoms with Crippen LogP contribution in [0.25, 0.3) is 0 Å². The van der Waals surface area contributed by atoms with Gasteiger partial charge in [-0.25, -0.2) is 0 Å². The quantitative estimate of drug-likeness (QED) is 0.697. The number of hydrogen-bond donors (Lipinski definition) is 1. The highest BCUT2D eigenvalue weighted by molar-refractivity contribution is 5.77. The van der Waals surface area contributed by atoms with Crippen LogP contribution in [-0.4, -0.2) is 17.2 Å². The van der Waals surface area contributed by atoms with E-state index < -0.39 is 0 Å². The van der Waals surface area contributed by atoms with Crippen LogP contribution in [-0.2, 0) is 5.41 Å². The summed E-state index contributed by atoms with van der Waals surface area (Å²) in [5.74, 6) is 0. The van der Waals surface area contributed by atoms with Gasteiger partial charge in [0.2, 0.25) is 0 Å². The predicted octanol–water partition coefficient (Wildman–Crippen LogP) is 3.14. The fourth-order valence-electron chi connectivity index (χ4n) is 1.15. The average Bonchev–Trinajstić information content (AvgIpc) is 2.47. The zero-order valence-corrected chi connectivity index (χ0v) is 9.76. The minimum atomic E-state index is 0.184. The number of aromatic amines is 1. The summed E-state index contributed by atoms with van der Waals surface area (Å²) >= 11 is 0. The summed E-state index contributed by atoms with van der Waals surface area (Å²) in [6.07, 6.45) is 1.90. The molecule has 0 saturated heterocycles. The first kappa shape index (κ1) is 11.0. The third kappa shape index (κ3) is 3.02. The second kappa shape index (κ2) is 3.99. The van der Waals surface area contributed by atoms with E-state index in [9.17, 15) is 0 Å². The summed E-state index contributed by atoms with van der Waals surface area (Å²) in [6.45, 7) is 10.7. The number of rotatable bonds is 2. The predicted molar refractivity (Wildman–Crippen MR) is 62.2 cm³/mol. The standard InChI is InChI=1S/C12H20N2/c1-9(2)13-8-10-6-7-11(14-10)12(3,4)5/h6-9,14H,1-5H3. The van der Waals surface area contributed by atoms with Gasteiger partial charge in [0.15, 0.2) is 0 Å². The lowest BCUT2D eigenvalue weighted by atomic mass is 9.93. The molecule has 0 amide bonds. The molecule has 1 aromatic rings. The van der Waals surface area contributed by atoms with Gasteiger partial charge in [-0.1, -0.05) is 20.8 Å². The number of nitrogens with zero attached hydrogens (tertiary/aromatic N) is 1. The minimum Gasteiger partial charge on any atom is -0.357 e. The number of aliphatic imine (C=N–C) groups is 1. The van der Waals surface area contributed by atoms with Gasteiger partial charge in [0.1, 0.15) is 0 Å². The Morgan fingerprint density at radius 1 is 1.29 bits per heavy atom. The minimum absolute atomic E-state index is 0.184. The van der Waals surface area contributed by atoms with Crippen LogP contribution in [0.15, 0.2) is 17.1 Å². The Bertz CT molecular complexity index is 313. The third-order valence-electron chi connectivity index (χ3n) is 2.03. The van der Waals surface area contributed by atoms with E-state index in [2.05, 4.69) is 56.7 Å². The van der Waals surface area contributed by atoms with Crippen molar-refractivity contribution in [1.29, 1.82) is 0 Å². The molecule has 0 radical (unpaired) electrons. The normalized spacial score (nSPS) is 13.0. The van der Waals surface area contributed by atoms with E-state index in [0.29, 0.717) is 6.04 Å². The molecule has 0 fully saturated rings. The van der Waals surface area contributed by atoms with Gasteiger partial charge in [-0.2, -0.15) is 0 Å². The van der Waals surface area contributed by atoms with Crippen molar-refractivity contribution < 1.29 is 0 Å². The van der Waals surface area contributed by atoms with Crippen molar-refractivity contribution in [3.05, 3.63) is 23.5 Å². The maximum absolute atomic E-state index is 4.33. The Labute approximate surface area is 86.5 Å². The maximum atomic E-state index is 4.33. The number of H-pyrrole nitrogens is 1. The SMILES string of the molecule is CC(C)N=Cc1ccc(C(C)(C)C)[nH]1. The zero-order chi connectivity index (χ0) is 10.8. The van der Waals surface area contributed by atoms with Gasteiger partial charge in [0.05, 0.1) is 5.69 Å². The van der Waals surface area contributed by atoms with E-state index in [-0.39, 0.29) is 5.41 Å². The highest BCUT2D eigenvalue weighted by Crippen LogP contribution is 2.20. The first-order valence-electron chi connectivity index (χ1n) is 5.12. The van der Waals surface area contributed by atoms with Crippen molar-refractivity contribution in [2.45, 2.75) is 46.1 Å². The second-order valence-corrected chi connectivity index (χ2v) is 4.95. The Morgan fingerprint density at radius 3 is 2.36 bits per heavy atom. The van der Waals surface area contributed by atoms with E-state index in [1.807, 2.05) is 6.21 Å². The lowest BCUT2D eigenvalue weighted by Gasteiger charge is -2.15. The van der Waals surface area contributed by atoms with E-state index in [4.69, 9.17) is 0 Å². The molecule has 1 heterocycles. The van der Waals surface area contributed by atoms with Crippen molar-refractivity contribution in [1.82, 2.24) is 4.98 Å². The summed E-state index contributed by atoms with van der Waals surface area (Å²) in [5, 5.41) is 0. The zero-order valence-electron chi connectivity index (χ0n) is 9.76. The summed E-state index contributed by atoms with van der Waals surface area (Å²) in [7, 11) is 0. The Hall–Kier alpha value is -1.05.